The van der Waals surface area contributed by atoms with Gasteiger partial charge < -0.3 is 5.11 Å². The van der Waals surface area contributed by atoms with Crippen molar-refractivity contribution >= 4 is 27.3 Å². The van der Waals surface area contributed by atoms with Gasteiger partial charge in [-0.05, 0) is 30.7 Å². The van der Waals surface area contributed by atoms with Gasteiger partial charge in [0.05, 0.1) is 5.92 Å². The van der Waals surface area contributed by atoms with Crippen molar-refractivity contribution in [1.29, 1.82) is 0 Å². The molecule has 1 saturated carbocycles. The fourth-order valence-corrected chi connectivity index (χ4v) is 4.30. The second-order valence-corrected chi connectivity index (χ2v) is 6.99. The molecule has 7 heteroatoms. The van der Waals surface area contributed by atoms with Crippen LogP contribution in [0, 0.1) is 5.92 Å². The third-order valence-corrected chi connectivity index (χ3v) is 5.78. The molecule has 2 unspecified atom stereocenters. The van der Waals surface area contributed by atoms with Crippen molar-refractivity contribution in [2.75, 3.05) is 0 Å². The molecule has 0 aliphatic heterocycles. The predicted octanol–water partition coefficient (Wildman–Crippen LogP) is 1.28. The summed E-state index contributed by atoms with van der Waals surface area (Å²) in [5.41, 5.74) is 0. The van der Waals surface area contributed by atoms with Crippen molar-refractivity contribution < 1.29 is 18.3 Å². The average Bonchev–Trinajstić information content (AvgIpc) is 2.85. The molecule has 1 aromatic heterocycles. The molecule has 1 aromatic rings. The Morgan fingerprint density at radius 3 is 2.76 bits per heavy atom. The number of hydrogen-bond acceptors (Lipinski definition) is 4. The minimum atomic E-state index is -3.47. The number of carbonyl (C=O) groups is 1. The summed E-state index contributed by atoms with van der Waals surface area (Å²) in [6, 6.07) is 2.95. The number of nitrogens with one attached hydrogen (secondary N) is 1. The highest BCUT2D eigenvalue weighted by molar-refractivity contribution is 7.91. The molecule has 94 valence electrons. The van der Waals surface area contributed by atoms with E-state index in [1.165, 1.54) is 6.07 Å². The van der Waals surface area contributed by atoms with Crippen LogP contribution in [0.4, 0.5) is 0 Å². The van der Waals surface area contributed by atoms with Crippen LogP contribution in [-0.4, -0.2) is 25.5 Å². The molecule has 1 aliphatic rings. The van der Waals surface area contributed by atoms with Crippen LogP contribution in [0.1, 0.15) is 19.3 Å². The van der Waals surface area contributed by atoms with Gasteiger partial charge in [0.15, 0.2) is 0 Å². The zero-order chi connectivity index (χ0) is 12.5. The second-order valence-electron chi connectivity index (χ2n) is 4.10. The van der Waals surface area contributed by atoms with Crippen LogP contribution in [-0.2, 0) is 14.8 Å². The highest BCUT2D eigenvalue weighted by Gasteiger charge is 2.32. The molecule has 1 heterocycles. The molecule has 0 radical (unpaired) electrons. The molecule has 0 aromatic carbocycles. The fourth-order valence-electron chi connectivity index (χ4n) is 2.01. The van der Waals surface area contributed by atoms with Crippen LogP contribution in [0.5, 0.6) is 0 Å². The van der Waals surface area contributed by atoms with Gasteiger partial charge in [-0.2, -0.15) is 0 Å². The molecule has 0 saturated heterocycles. The molecule has 2 atom stereocenters. The van der Waals surface area contributed by atoms with E-state index in [-0.39, 0.29) is 10.3 Å². The predicted molar refractivity (Wildman–Crippen MR) is 63.4 cm³/mol. The third kappa shape index (κ3) is 2.85. The van der Waals surface area contributed by atoms with Gasteiger partial charge >= 0.3 is 5.97 Å². The van der Waals surface area contributed by atoms with Crippen LogP contribution in [0.3, 0.4) is 0 Å². The highest BCUT2D eigenvalue weighted by atomic mass is 32.2. The van der Waals surface area contributed by atoms with Gasteiger partial charge in [-0.3, -0.25) is 4.79 Å². The van der Waals surface area contributed by atoms with Crippen molar-refractivity contribution in [2.24, 2.45) is 5.92 Å². The molecule has 1 aliphatic carbocycles. The van der Waals surface area contributed by atoms with Gasteiger partial charge in [-0.1, -0.05) is 6.07 Å². The summed E-state index contributed by atoms with van der Waals surface area (Å²) < 4.78 is 26.6. The molecular weight excluding hydrogens is 262 g/mol. The van der Waals surface area contributed by atoms with E-state index in [9.17, 15) is 13.2 Å². The molecular formula is C10H13NO4S2. The summed E-state index contributed by atoms with van der Waals surface area (Å²) in [4.78, 5) is 10.8. The Morgan fingerprint density at radius 1 is 1.47 bits per heavy atom. The largest absolute Gasteiger partial charge is 0.481 e. The van der Waals surface area contributed by atoms with Crippen molar-refractivity contribution in [1.82, 2.24) is 4.72 Å². The maximum atomic E-state index is 11.9. The van der Waals surface area contributed by atoms with Crippen LogP contribution in [0.25, 0.3) is 0 Å². The lowest BCUT2D eigenvalue weighted by Gasteiger charge is -2.11. The zero-order valence-corrected chi connectivity index (χ0v) is 10.6. The lowest BCUT2D eigenvalue weighted by atomic mass is 10.1. The summed E-state index contributed by atoms with van der Waals surface area (Å²) in [6.45, 7) is 0. The number of carboxylic acids is 1. The van der Waals surface area contributed by atoms with Gasteiger partial charge in [0.1, 0.15) is 4.21 Å². The van der Waals surface area contributed by atoms with E-state index >= 15 is 0 Å². The molecule has 5 nitrogen and oxygen atoms in total. The maximum Gasteiger partial charge on any atom is 0.306 e. The van der Waals surface area contributed by atoms with Gasteiger partial charge in [-0.25, -0.2) is 13.1 Å². The lowest BCUT2D eigenvalue weighted by molar-refractivity contribution is -0.141. The molecule has 1 fully saturated rings. The minimum Gasteiger partial charge on any atom is -0.481 e. The standard InChI is InChI=1S/C10H13NO4S2/c12-10(13)7-3-4-8(6-7)11-17(14,15)9-2-1-5-16-9/h1-2,5,7-8,11H,3-4,6H2,(H,12,13). The van der Waals surface area contributed by atoms with Crippen LogP contribution in [0.15, 0.2) is 21.7 Å². The second kappa shape index (κ2) is 4.75. The molecule has 17 heavy (non-hydrogen) atoms. The number of thiophene rings is 1. The smallest absolute Gasteiger partial charge is 0.306 e. The Bertz CT molecular complexity index is 494. The SMILES string of the molecule is O=C(O)C1CCC(NS(=O)(=O)c2cccs2)C1. The van der Waals surface area contributed by atoms with Crippen molar-refractivity contribution in [3.63, 3.8) is 0 Å². The Kier molecular flexibility index (Phi) is 3.50. The topological polar surface area (TPSA) is 83.5 Å². The summed E-state index contributed by atoms with van der Waals surface area (Å²) >= 11 is 1.15. The van der Waals surface area contributed by atoms with Gasteiger partial charge in [0.25, 0.3) is 0 Å². The highest BCUT2D eigenvalue weighted by Crippen LogP contribution is 2.27. The first-order valence-electron chi connectivity index (χ1n) is 5.27. The number of carboxylic acid groups (broad SMARTS) is 1. The van der Waals surface area contributed by atoms with Gasteiger partial charge in [0.2, 0.25) is 10.0 Å². The first-order valence-corrected chi connectivity index (χ1v) is 7.64. The number of rotatable bonds is 4. The summed E-state index contributed by atoms with van der Waals surface area (Å²) in [5.74, 6) is -1.27. The molecule has 0 spiro atoms. The maximum absolute atomic E-state index is 11.9. The van der Waals surface area contributed by atoms with E-state index in [1.54, 1.807) is 11.4 Å². The third-order valence-electron chi connectivity index (χ3n) is 2.86. The lowest BCUT2D eigenvalue weighted by Crippen LogP contribution is -2.32. The van der Waals surface area contributed by atoms with E-state index in [0.717, 1.165) is 11.3 Å². The van der Waals surface area contributed by atoms with E-state index in [4.69, 9.17) is 5.11 Å². The molecule has 0 amide bonds. The van der Waals surface area contributed by atoms with Crippen LogP contribution >= 0.6 is 11.3 Å². The minimum absolute atomic E-state index is 0.261. The van der Waals surface area contributed by atoms with Gasteiger partial charge in [0, 0.05) is 6.04 Å². The molecule has 2 N–H and O–H groups in total. The Balaban J connectivity index is 2.01. The van der Waals surface area contributed by atoms with E-state index in [1.807, 2.05) is 0 Å². The number of aliphatic carboxylic acids is 1. The van der Waals surface area contributed by atoms with Gasteiger partial charge in [-0.15, -0.1) is 11.3 Å². The van der Waals surface area contributed by atoms with Crippen molar-refractivity contribution in [3.8, 4) is 0 Å². The Morgan fingerprint density at radius 2 is 2.24 bits per heavy atom. The monoisotopic (exact) mass is 275 g/mol. The Hall–Kier alpha value is -0.920. The summed E-state index contributed by atoms with van der Waals surface area (Å²) in [5, 5.41) is 10.5. The first kappa shape index (κ1) is 12.5. The zero-order valence-electron chi connectivity index (χ0n) is 9.00. The first-order chi connectivity index (χ1) is 7.99. The summed E-state index contributed by atoms with van der Waals surface area (Å²) in [6.07, 6.45) is 1.49. The van der Waals surface area contributed by atoms with E-state index in [2.05, 4.69) is 4.72 Å². The van der Waals surface area contributed by atoms with Crippen LogP contribution < -0.4 is 4.72 Å². The fraction of sp³-hybridized carbons (Fsp3) is 0.500. The van der Waals surface area contributed by atoms with E-state index in [0.29, 0.717) is 19.3 Å². The number of hydrogen-bond donors (Lipinski definition) is 2. The molecule has 2 rings (SSSR count). The molecule has 0 bridgehead atoms. The average molecular weight is 275 g/mol. The van der Waals surface area contributed by atoms with E-state index < -0.39 is 21.9 Å². The summed E-state index contributed by atoms with van der Waals surface area (Å²) in [7, 11) is -3.47. The van der Waals surface area contributed by atoms with Crippen molar-refractivity contribution in [3.05, 3.63) is 17.5 Å². The quantitative estimate of drug-likeness (QED) is 0.867. The number of sulfonamides is 1. The van der Waals surface area contributed by atoms with Crippen molar-refractivity contribution in [2.45, 2.75) is 29.5 Å². The normalized spacial score (nSPS) is 24.9. The Labute approximate surface area is 104 Å². The van der Waals surface area contributed by atoms with Crippen LogP contribution in [0.2, 0.25) is 0 Å².